The number of halogens is 2. The predicted molar refractivity (Wildman–Crippen MR) is 60.1 cm³/mol. The van der Waals surface area contributed by atoms with Gasteiger partial charge in [0.25, 0.3) is 0 Å². The Morgan fingerprint density at radius 2 is 1.21 bits per heavy atom. The van der Waals surface area contributed by atoms with Crippen molar-refractivity contribution in [3.8, 4) is 0 Å². The summed E-state index contributed by atoms with van der Waals surface area (Å²) in [6.07, 6.45) is 0. The quantitative estimate of drug-likeness (QED) is 0.788. The summed E-state index contributed by atoms with van der Waals surface area (Å²) in [5.41, 5.74) is 2.05. The van der Waals surface area contributed by atoms with Crippen molar-refractivity contribution in [2.24, 2.45) is 0 Å². The first-order valence-corrected chi connectivity index (χ1v) is 4.92. The molecule has 4 heteroatoms. The van der Waals surface area contributed by atoms with E-state index in [4.69, 9.17) is 33.4 Å². The Morgan fingerprint density at radius 1 is 0.929 bits per heavy atom. The van der Waals surface area contributed by atoms with E-state index >= 15 is 0 Å². The molecule has 0 fully saturated rings. The largest absolute Gasteiger partial charge is 0.394 e. The van der Waals surface area contributed by atoms with E-state index in [2.05, 4.69) is 0 Å². The molecule has 0 heterocycles. The lowest BCUT2D eigenvalue weighted by Crippen LogP contribution is -1.85. The summed E-state index contributed by atoms with van der Waals surface area (Å²) in [6.45, 7) is 3.63. The van der Waals surface area contributed by atoms with Crippen LogP contribution in [0, 0.1) is 13.8 Å². The van der Waals surface area contributed by atoms with Crippen LogP contribution in [0.3, 0.4) is 0 Å². The third kappa shape index (κ3) is 4.82. The number of hydrogen-bond donors (Lipinski definition) is 2. The third-order valence-corrected chi connectivity index (χ3v) is 2.35. The summed E-state index contributed by atoms with van der Waals surface area (Å²) in [7, 11) is 0. The molecule has 0 aliphatic carbocycles. The van der Waals surface area contributed by atoms with Crippen molar-refractivity contribution in [2.75, 3.05) is 13.2 Å². The second-order valence-electron chi connectivity index (χ2n) is 2.80. The van der Waals surface area contributed by atoms with Crippen molar-refractivity contribution in [3.05, 3.63) is 33.3 Å². The van der Waals surface area contributed by atoms with Crippen LogP contribution in [0.5, 0.6) is 0 Å². The van der Waals surface area contributed by atoms with E-state index in [1.165, 1.54) is 0 Å². The Bertz CT molecular complexity index is 235. The lowest BCUT2D eigenvalue weighted by molar-refractivity contribution is 0.186. The fourth-order valence-electron chi connectivity index (χ4n) is 0.746. The van der Waals surface area contributed by atoms with Gasteiger partial charge in [-0.25, -0.2) is 0 Å². The van der Waals surface area contributed by atoms with Gasteiger partial charge in [0, 0.05) is 10.0 Å². The van der Waals surface area contributed by atoms with Gasteiger partial charge in [-0.3, -0.25) is 0 Å². The van der Waals surface area contributed by atoms with Gasteiger partial charge in [0.05, 0.1) is 13.2 Å². The Labute approximate surface area is 94.1 Å². The molecule has 1 rings (SSSR count). The van der Waals surface area contributed by atoms with Crippen LogP contribution in [-0.4, -0.2) is 23.4 Å². The number of benzene rings is 1. The van der Waals surface area contributed by atoms with Crippen LogP contribution in [0.2, 0.25) is 10.0 Å². The van der Waals surface area contributed by atoms with E-state index in [9.17, 15) is 0 Å². The lowest BCUT2D eigenvalue weighted by atomic mass is 10.2. The minimum absolute atomic E-state index is 0.125. The third-order valence-electron chi connectivity index (χ3n) is 1.54. The molecule has 2 nitrogen and oxygen atoms in total. The highest BCUT2D eigenvalue weighted by Gasteiger charge is 1.98. The Kier molecular flexibility index (Phi) is 6.93. The van der Waals surface area contributed by atoms with Gasteiger partial charge in [0.1, 0.15) is 0 Å². The van der Waals surface area contributed by atoms with Gasteiger partial charge >= 0.3 is 0 Å². The molecule has 0 unspecified atom stereocenters. The standard InChI is InChI=1S/C8H8Cl2.C2H6O2/c1-5-3-8(10)6(2)4-7(5)9;3-1-2-4/h3-4H,1-2H3;3-4H,1-2H2. The second-order valence-corrected chi connectivity index (χ2v) is 3.61. The highest BCUT2D eigenvalue weighted by atomic mass is 35.5. The molecule has 0 radical (unpaired) electrons. The lowest BCUT2D eigenvalue weighted by Gasteiger charge is -2.00. The molecule has 0 saturated heterocycles. The minimum Gasteiger partial charge on any atom is -0.394 e. The van der Waals surface area contributed by atoms with Crippen molar-refractivity contribution >= 4 is 23.2 Å². The van der Waals surface area contributed by atoms with Crippen molar-refractivity contribution in [2.45, 2.75) is 13.8 Å². The van der Waals surface area contributed by atoms with Gasteiger partial charge in [-0.1, -0.05) is 23.2 Å². The van der Waals surface area contributed by atoms with Gasteiger partial charge in [-0.2, -0.15) is 0 Å². The van der Waals surface area contributed by atoms with Gasteiger partial charge in [0.2, 0.25) is 0 Å². The van der Waals surface area contributed by atoms with Crippen molar-refractivity contribution in [1.82, 2.24) is 0 Å². The SMILES string of the molecule is Cc1cc(Cl)c(C)cc1Cl.OCCO. The summed E-state index contributed by atoms with van der Waals surface area (Å²) in [6, 6.07) is 3.75. The van der Waals surface area contributed by atoms with Crippen LogP contribution >= 0.6 is 23.2 Å². The maximum absolute atomic E-state index is 7.62. The Hall–Kier alpha value is -0.280. The predicted octanol–water partition coefficient (Wildman–Crippen LogP) is 2.58. The second kappa shape index (κ2) is 7.07. The molecule has 0 aliphatic heterocycles. The van der Waals surface area contributed by atoms with Crippen LogP contribution in [0.4, 0.5) is 0 Å². The highest BCUT2D eigenvalue weighted by molar-refractivity contribution is 6.34. The molecule has 80 valence electrons. The normalized spacial score (nSPS) is 9.29. The molecular formula is C10H14Cl2O2. The number of rotatable bonds is 1. The van der Waals surface area contributed by atoms with E-state index in [0.29, 0.717) is 0 Å². The molecule has 14 heavy (non-hydrogen) atoms. The van der Waals surface area contributed by atoms with E-state index in [-0.39, 0.29) is 13.2 Å². The average molecular weight is 237 g/mol. The summed E-state index contributed by atoms with van der Waals surface area (Å²) in [5.74, 6) is 0. The average Bonchev–Trinajstić information content (AvgIpc) is 2.15. The molecule has 0 atom stereocenters. The first-order chi connectivity index (χ1) is 6.52. The fraction of sp³-hybridized carbons (Fsp3) is 0.400. The van der Waals surface area contributed by atoms with E-state index < -0.39 is 0 Å². The van der Waals surface area contributed by atoms with Crippen LogP contribution < -0.4 is 0 Å². The smallest absolute Gasteiger partial charge is 0.0662 e. The number of aliphatic hydroxyl groups excluding tert-OH is 2. The summed E-state index contributed by atoms with van der Waals surface area (Å²) in [5, 5.41) is 16.8. The molecule has 0 spiro atoms. The van der Waals surface area contributed by atoms with Crippen LogP contribution in [0.15, 0.2) is 12.1 Å². The number of aryl methyl sites for hydroxylation is 2. The maximum atomic E-state index is 7.62. The van der Waals surface area contributed by atoms with Crippen molar-refractivity contribution < 1.29 is 10.2 Å². The number of hydrogen-bond acceptors (Lipinski definition) is 2. The zero-order chi connectivity index (χ0) is 11.1. The monoisotopic (exact) mass is 236 g/mol. The molecule has 0 aliphatic rings. The molecule has 2 N–H and O–H groups in total. The zero-order valence-corrected chi connectivity index (χ0v) is 9.73. The molecule has 0 saturated carbocycles. The van der Waals surface area contributed by atoms with Gasteiger partial charge in [-0.15, -0.1) is 0 Å². The first-order valence-electron chi connectivity index (χ1n) is 4.17. The van der Waals surface area contributed by atoms with Gasteiger partial charge < -0.3 is 10.2 Å². The van der Waals surface area contributed by atoms with E-state index in [1.807, 2.05) is 26.0 Å². The molecule has 0 amide bonds. The zero-order valence-electron chi connectivity index (χ0n) is 8.22. The Morgan fingerprint density at radius 3 is 1.43 bits per heavy atom. The van der Waals surface area contributed by atoms with Crippen molar-refractivity contribution in [1.29, 1.82) is 0 Å². The summed E-state index contributed by atoms with van der Waals surface area (Å²) < 4.78 is 0. The highest BCUT2D eigenvalue weighted by Crippen LogP contribution is 2.23. The fourth-order valence-corrected chi connectivity index (χ4v) is 1.18. The maximum Gasteiger partial charge on any atom is 0.0662 e. The van der Waals surface area contributed by atoms with Crippen molar-refractivity contribution in [3.63, 3.8) is 0 Å². The molecular weight excluding hydrogens is 223 g/mol. The minimum atomic E-state index is -0.125. The van der Waals surface area contributed by atoms with Gasteiger partial charge in [-0.05, 0) is 37.1 Å². The number of aliphatic hydroxyl groups is 2. The summed E-state index contributed by atoms with van der Waals surface area (Å²) in [4.78, 5) is 0. The molecule has 1 aromatic rings. The van der Waals surface area contributed by atoms with E-state index in [0.717, 1.165) is 21.2 Å². The Balaban J connectivity index is 0.000000364. The van der Waals surface area contributed by atoms with Gasteiger partial charge in [0.15, 0.2) is 0 Å². The van der Waals surface area contributed by atoms with Crippen LogP contribution in [0.1, 0.15) is 11.1 Å². The van der Waals surface area contributed by atoms with Crippen LogP contribution in [0.25, 0.3) is 0 Å². The molecule has 1 aromatic carbocycles. The topological polar surface area (TPSA) is 40.5 Å². The summed E-state index contributed by atoms with van der Waals surface area (Å²) >= 11 is 11.7. The van der Waals surface area contributed by atoms with E-state index in [1.54, 1.807) is 0 Å². The van der Waals surface area contributed by atoms with Crippen LogP contribution in [-0.2, 0) is 0 Å². The first kappa shape index (κ1) is 13.7. The molecule has 0 bridgehead atoms. The molecule has 0 aromatic heterocycles.